The SMILES string of the molecule is c1ccc(CC2CCN(C3=NCCS3)CC2)cc1. The lowest BCUT2D eigenvalue weighted by molar-refractivity contribution is 0.269. The largest absolute Gasteiger partial charge is 0.351 e. The van der Waals surface area contributed by atoms with Gasteiger partial charge in [-0.1, -0.05) is 42.1 Å². The van der Waals surface area contributed by atoms with Crippen molar-refractivity contribution in [2.45, 2.75) is 19.3 Å². The van der Waals surface area contributed by atoms with Crippen LogP contribution in [0.2, 0.25) is 0 Å². The van der Waals surface area contributed by atoms with E-state index in [9.17, 15) is 0 Å². The Morgan fingerprint density at radius 3 is 2.61 bits per heavy atom. The first-order valence-corrected chi connectivity index (χ1v) is 7.86. The van der Waals surface area contributed by atoms with Crippen LogP contribution in [0.4, 0.5) is 0 Å². The van der Waals surface area contributed by atoms with Crippen molar-refractivity contribution in [3.05, 3.63) is 35.9 Å². The van der Waals surface area contributed by atoms with E-state index in [1.165, 1.54) is 48.8 Å². The molecule has 0 spiro atoms. The van der Waals surface area contributed by atoms with E-state index in [2.05, 4.69) is 40.2 Å². The van der Waals surface area contributed by atoms with Crippen molar-refractivity contribution in [1.82, 2.24) is 4.90 Å². The second-order valence-electron chi connectivity index (χ2n) is 5.13. The number of amidine groups is 1. The van der Waals surface area contributed by atoms with Gasteiger partial charge in [-0.05, 0) is 30.7 Å². The topological polar surface area (TPSA) is 15.6 Å². The molecule has 3 heteroatoms. The van der Waals surface area contributed by atoms with Crippen LogP contribution in [-0.4, -0.2) is 35.5 Å². The molecule has 1 aromatic carbocycles. The van der Waals surface area contributed by atoms with Crippen molar-refractivity contribution in [3.63, 3.8) is 0 Å². The second kappa shape index (κ2) is 5.79. The fourth-order valence-electron chi connectivity index (χ4n) is 2.79. The first-order valence-electron chi connectivity index (χ1n) is 6.88. The zero-order valence-electron chi connectivity index (χ0n) is 10.7. The van der Waals surface area contributed by atoms with Crippen LogP contribution < -0.4 is 0 Å². The quantitative estimate of drug-likeness (QED) is 0.812. The Kier molecular flexibility index (Phi) is 3.89. The summed E-state index contributed by atoms with van der Waals surface area (Å²) in [4.78, 5) is 7.06. The van der Waals surface area contributed by atoms with Crippen LogP contribution in [-0.2, 0) is 6.42 Å². The number of thioether (sulfide) groups is 1. The fraction of sp³-hybridized carbons (Fsp3) is 0.533. The van der Waals surface area contributed by atoms with Gasteiger partial charge in [0.15, 0.2) is 5.17 Å². The van der Waals surface area contributed by atoms with Crippen LogP contribution in [0.1, 0.15) is 18.4 Å². The van der Waals surface area contributed by atoms with Crippen molar-refractivity contribution < 1.29 is 0 Å². The predicted molar refractivity (Wildman–Crippen MR) is 79.2 cm³/mol. The van der Waals surface area contributed by atoms with Crippen LogP contribution in [0.25, 0.3) is 0 Å². The minimum atomic E-state index is 0.857. The van der Waals surface area contributed by atoms with Gasteiger partial charge in [0, 0.05) is 18.8 Å². The third kappa shape index (κ3) is 2.89. The summed E-state index contributed by atoms with van der Waals surface area (Å²) in [6, 6.07) is 10.9. The lowest BCUT2D eigenvalue weighted by atomic mass is 9.90. The molecule has 0 radical (unpaired) electrons. The average Bonchev–Trinajstić information content (AvgIpc) is 2.95. The number of hydrogen-bond acceptors (Lipinski definition) is 3. The van der Waals surface area contributed by atoms with Gasteiger partial charge in [-0.2, -0.15) is 0 Å². The van der Waals surface area contributed by atoms with Gasteiger partial charge in [0.05, 0.1) is 6.54 Å². The lowest BCUT2D eigenvalue weighted by Crippen LogP contribution is -2.37. The summed E-state index contributed by atoms with van der Waals surface area (Å²) in [5.74, 6) is 2.04. The summed E-state index contributed by atoms with van der Waals surface area (Å²) >= 11 is 1.93. The van der Waals surface area contributed by atoms with Gasteiger partial charge in [0.1, 0.15) is 0 Å². The maximum Gasteiger partial charge on any atom is 0.159 e. The average molecular weight is 260 g/mol. The maximum absolute atomic E-state index is 4.57. The van der Waals surface area contributed by atoms with Crippen molar-refractivity contribution in [1.29, 1.82) is 0 Å². The molecule has 2 nitrogen and oxygen atoms in total. The Labute approximate surface area is 113 Å². The fourth-order valence-corrected chi connectivity index (χ4v) is 3.70. The summed E-state index contributed by atoms with van der Waals surface area (Å²) in [6.07, 6.45) is 3.87. The molecule has 2 aliphatic rings. The van der Waals surface area contributed by atoms with Crippen molar-refractivity contribution in [2.24, 2.45) is 10.9 Å². The van der Waals surface area contributed by atoms with Crippen LogP contribution in [0, 0.1) is 5.92 Å². The van der Waals surface area contributed by atoms with E-state index in [1.807, 2.05) is 11.8 Å². The molecule has 18 heavy (non-hydrogen) atoms. The number of benzene rings is 1. The zero-order valence-corrected chi connectivity index (χ0v) is 11.5. The van der Waals surface area contributed by atoms with E-state index in [0.717, 1.165) is 12.5 Å². The molecule has 1 fully saturated rings. The highest BCUT2D eigenvalue weighted by Crippen LogP contribution is 2.25. The van der Waals surface area contributed by atoms with E-state index in [4.69, 9.17) is 0 Å². The molecule has 0 amide bonds. The van der Waals surface area contributed by atoms with E-state index < -0.39 is 0 Å². The first kappa shape index (κ1) is 12.1. The highest BCUT2D eigenvalue weighted by Gasteiger charge is 2.23. The van der Waals surface area contributed by atoms with E-state index in [0.29, 0.717) is 0 Å². The van der Waals surface area contributed by atoms with Gasteiger partial charge in [-0.3, -0.25) is 4.99 Å². The Morgan fingerprint density at radius 2 is 1.94 bits per heavy atom. The first-order chi connectivity index (χ1) is 8.92. The lowest BCUT2D eigenvalue weighted by Gasteiger charge is -2.33. The summed E-state index contributed by atoms with van der Waals surface area (Å²) in [5.41, 5.74) is 1.49. The number of hydrogen-bond donors (Lipinski definition) is 0. The van der Waals surface area contributed by atoms with Crippen molar-refractivity contribution in [3.8, 4) is 0 Å². The molecule has 0 atom stereocenters. The van der Waals surface area contributed by atoms with E-state index >= 15 is 0 Å². The molecule has 1 saturated heterocycles. The van der Waals surface area contributed by atoms with Gasteiger partial charge in [-0.25, -0.2) is 0 Å². The highest BCUT2D eigenvalue weighted by atomic mass is 32.2. The van der Waals surface area contributed by atoms with Gasteiger partial charge in [0.2, 0.25) is 0 Å². The summed E-state index contributed by atoms with van der Waals surface area (Å²) in [7, 11) is 0. The standard InChI is InChI=1S/C15H20N2S/c1-2-4-13(5-3-1)12-14-6-9-17(10-7-14)15-16-8-11-18-15/h1-5,14H,6-12H2. The number of piperidine rings is 1. The van der Waals surface area contributed by atoms with Crippen molar-refractivity contribution in [2.75, 3.05) is 25.4 Å². The molecular weight excluding hydrogens is 240 g/mol. The molecule has 0 aromatic heterocycles. The molecule has 0 unspecified atom stereocenters. The van der Waals surface area contributed by atoms with Crippen LogP contribution >= 0.6 is 11.8 Å². The maximum atomic E-state index is 4.57. The Bertz CT molecular complexity index is 408. The van der Waals surface area contributed by atoms with E-state index in [1.54, 1.807) is 0 Å². The Balaban J connectivity index is 1.51. The minimum Gasteiger partial charge on any atom is -0.351 e. The third-order valence-corrected chi connectivity index (χ3v) is 4.85. The number of likely N-dealkylation sites (tertiary alicyclic amines) is 1. The van der Waals surface area contributed by atoms with Crippen LogP contribution in [0.5, 0.6) is 0 Å². The van der Waals surface area contributed by atoms with Gasteiger partial charge >= 0.3 is 0 Å². The molecule has 0 bridgehead atoms. The monoisotopic (exact) mass is 260 g/mol. The van der Waals surface area contributed by atoms with Gasteiger partial charge in [-0.15, -0.1) is 0 Å². The molecule has 2 heterocycles. The van der Waals surface area contributed by atoms with E-state index in [-0.39, 0.29) is 0 Å². The molecule has 0 aliphatic carbocycles. The summed E-state index contributed by atoms with van der Waals surface area (Å²) in [5, 5.41) is 1.30. The highest BCUT2D eigenvalue weighted by molar-refractivity contribution is 8.14. The second-order valence-corrected chi connectivity index (χ2v) is 6.19. The van der Waals surface area contributed by atoms with Crippen molar-refractivity contribution >= 4 is 16.9 Å². The van der Waals surface area contributed by atoms with Gasteiger partial charge in [0.25, 0.3) is 0 Å². The van der Waals surface area contributed by atoms with Gasteiger partial charge < -0.3 is 4.90 Å². The molecule has 2 aliphatic heterocycles. The normalized spacial score (nSPS) is 21.1. The molecule has 96 valence electrons. The molecule has 0 saturated carbocycles. The molecule has 1 aromatic rings. The minimum absolute atomic E-state index is 0.857. The Morgan fingerprint density at radius 1 is 1.17 bits per heavy atom. The Hall–Kier alpha value is -0.960. The summed E-state index contributed by atoms with van der Waals surface area (Å²) in [6.45, 7) is 3.41. The van der Waals surface area contributed by atoms with Crippen LogP contribution in [0.3, 0.4) is 0 Å². The predicted octanol–water partition coefficient (Wildman–Crippen LogP) is 3.04. The van der Waals surface area contributed by atoms with Crippen LogP contribution in [0.15, 0.2) is 35.3 Å². The molecule has 3 rings (SSSR count). The zero-order chi connectivity index (χ0) is 12.2. The number of nitrogens with zero attached hydrogens (tertiary/aromatic N) is 2. The number of aliphatic imine (C=N–C) groups is 1. The number of rotatable bonds is 2. The molecule has 0 N–H and O–H groups in total. The molecular formula is C15H20N2S. The smallest absolute Gasteiger partial charge is 0.159 e. The summed E-state index contributed by atoms with van der Waals surface area (Å²) < 4.78 is 0. The third-order valence-electron chi connectivity index (χ3n) is 3.82.